The number of fused-ring (bicyclic) bond motifs is 1. The molecule has 8 heteroatoms. The minimum Gasteiger partial charge on any atom is -0.422 e. The van der Waals surface area contributed by atoms with E-state index in [1.165, 1.54) is 6.21 Å². The van der Waals surface area contributed by atoms with Crippen molar-refractivity contribution >= 4 is 63.2 Å². The molecule has 5 aromatic rings. The Morgan fingerprint density at radius 3 is 2.58 bits per heavy atom. The first-order valence-corrected chi connectivity index (χ1v) is 13.1. The molecule has 5 rings (SSSR count). The number of carbonyl (C=O) groups is 2. The molecular formula is C30H21ClIN3O3. The zero-order chi connectivity index (χ0) is 26.6. The van der Waals surface area contributed by atoms with Crippen molar-refractivity contribution in [2.45, 2.75) is 6.92 Å². The molecule has 6 nitrogen and oxygen atoms in total. The highest BCUT2D eigenvalue weighted by Gasteiger charge is 2.21. The summed E-state index contributed by atoms with van der Waals surface area (Å²) in [4.78, 5) is 29.1. The van der Waals surface area contributed by atoms with Crippen molar-refractivity contribution < 1.29 is 14.3 Å². The minimum absolute atomic E-state index is 0.328. The maximum atomic E-state index is 13.3. The smallest absolute Gasteiger partial charge is 0.343 e. The van der Waals surface area contributed by atoms with Gasteiger partial charge in [-0.3, -0.25) is 4.79 Å². The summed E-state index contributed by atoms with van der Waals surface area (Å²) in [5.41, 5.74) is 7.11. The molecule has 4 aromatic carbocycles. The Labute approximate surface area is 237 Å². The van der Waals surface area contributed by atoms with E-state index < -0.39 is 11.9 Å². The van der Waals surface area contributed by atoms with Crippen LogP contribution in [0.1, 0.15) is 32.0 Å². The molecule has 0 aliphatic heterocycles. The third kappa shape index (κ3) is 5.49. The van der Waals surface area contributed by atoms with Crippen LogP contribution in [-0.4, -0.2) is 23.1 Å². The Kier molecular flexibility index (Phi) is 7.57. The maximum absolute atomic E-state index is 13.3. The lowest BCUT2D eigenvalue weighted by Gasteiger charge is -2.08. The zero-order valence-corrected chi connectivity index (χ0v) is 23.1. The van der Waals surface area contributed by atoms with Crippen molar-refractivity contribution in [1.29, 1.82) is 0 Å². The average Bonchev–Trinajstić information content (AvgIpc) is 3.28. The van der Waals surface area contributed by atoms with Gasteiger partial charge in [0.05, 0.1) is 11.8 Å². The Bertz CT molecular complexity index is 1710. The van der Waals surface area contributed by atoms with Crippen molar-refractivity contribution in [2.75, 3.05) is 0 Å². The maximum Gasteiger partial charge on any atom is 0.343 e. The van der Waals surface area contributed by atoms with Gasteiger partial charge in [-0.25, -0.2) is 10.2 Å². The van der Waals surface area contributed by atoms with Gasteiger partial charge < -0.3 is 9.72 Å². The fourth-order valence-electron chi connectivity index (χ4n) is 4.11. The van der Waals surface area contributed by atoms with Gasteiger partial charge in [-0.2, -0.15) is 5.10 Å². The van der Waals surface area contributed by atoms with Gasteiger partial charge in [-0.05, 0) is 78.0 Å². The van der Waals surface area contributed by atoms with E-state index in [-0.39, 0.29) is 0 Å². The van der Waals surface area contributed by atoms with Gasteiger partial charge in [0.1, 0.15) is 11.4 Å². The first kappa shape index (κ1) is 25.7. The molecule has 0 bridgehead atoms. The molecule has 0 atom stereocenters. The summed E-state index contributed by atoms with van der Waals surface area (Å²) in [6.45, 7) is 1.91. The molecule has 0 radical (unpaired) electrons. The normalized spacial score (nSPS) is 11.1. The van der Waals surface area contributed by atoms with Crippen LogP contribution >= 0.6 is 34.2 Å². The topological polar surface area (TPSA) is 83.5 Å². The summed E-state index contributed by atoms with van der Waals surface area (Å²) in [7, 11) is 0. The van der Waals surface area contributed by atoms with Gasteiger partial charge in [0.2, 0.25) is 0 Å². The largest absolute Gasteiger partial charge is 0.422 e. The Balaban J connectivity index is 1.41. The molecule has 1 aromatic heterocycles. The fourth-order valence-corrected chi connectivity index (χ4v) is 4.83. The number of aromatic amines is 1. The number of benzene rings is 4. The molecule has 0 fully saturated rings. The van der Waals surface area contributed by atoms with Gasteiger partial charge >= 0.3 is 5.97 Å². The lowest BCUT2D eigenvalue weighted by atomic mass is 10.0. The molecule has 2 N–H and O–H groups in total. The number of ether oxygens (including phenoxy) is 1. The molecule has 0 saturated carbocycles. The van der Waals surface area contributed by atoms with E-state index in [1.54, 1.807) is 48.5 Å². The van der Waals surface area contributed by atoms with Crippen LogP contribution < -0.4 is 10.2 Å². The number of hydrogen-bond donors (Lipinski definition) is 2. The van der Waals surface area contributed by atoms with Crippen LogP contribution in [0.25, 0.3) is 22.0 Å². The van der Waals surface area contributed by atoms with Crippen molar-refractivity contribution in [2.24, 2.45) is 5.10 Å². The second-order valence-electron chi connectivity index (χ2n) is 8.54. The summed E-state index contributed by atoms with van der Waals surface area (Å²) < 4.78 is 6.64. The molecule has 38 heavy (non-hydrogen) atoms. The number of nitrogens with zero attached hydrogens (tertiary/aromatic N) is 1. The summed E-state index contributed by atoms with van der Waals surface area (Å²) >= 11 is 8.75. The standard InChI is InChI=1S/C30H21ClIN3O3/c1-18-7-6-9-19(15-18)30(37)38-26-12-5-2-8-20(26)17-33-35-29(36)28-27(22-10-3-4-11-24(22)31)23-16-21(32)13-14-25(23)34-28/h2-17,34H,1H3,(H,35,36). The predicted octanol–water partition coefficient (Wildman–Crippen LogP) is 7.38. The second-order valence-corrected chi connectivity index (χ2v) is 10.2. The summed E-state index contributed by atoms with van der Waals surface area (Å²) in [6, 6.07) is 27.4. The van der Waals surface area contributed by atoms with E-state index in [0.717, 1.165) is 25.6 Å². The molecule has 1 amide bonds. The molecule has 0 aliphatic carbocycles. The highest BCUT2D eigenvalue weighted by molar-refractivity contribution is 14.1. The van der Waals surface area contributed by atoms with Gasteiger partial charge in [-0.15, -0.1) is 0 Å². The average molecular weight is 634 g/mol. The molecular weight excluding hydrogens is 613 g/mol. The van der Waals surface area contributed by atoms with Gasteiger partial charge in [0.15, 0.2) is 0 Å². The SMILES string of the molecule is Cc1cccc(C(=O)Oc2ccccc2C=NNC(=O)c2[nH]c3ccc(I)cc3c2-c2ccccc2Cl)c1. The minimum atomic E-state index is -0.476. The first-order chi connectivity index (χ1) is 18.4. The number of esters is 1. The zero-order valence-electron chi connectivity index (χ0n) is 20.2. The molecule has 188 valence electrons. The first-order valence-electron chi connectivity index (χ1n) is 11.7. The lowest BCUT2D eigenvalue weighted by molar-refractivity contribution is 0.0734. The third-order valence-electron chi connectivity index (χ3n) is 5.88. The van der Waals surface area contributed by atoms with Crippen LogP contribution in [0.15, 0.2) is 96.1 Å². The number of halogens is 2. The van der Waals surface area contributed by atoms with E-state index in [0.29, 0.717) is 33.2 Å². The van der Waals surface area contributed by atoms with E-state index in [1.807, 2.05) is 49.4 Å². The van der Waals surface area contributed by atoms with Crippen LogP contribution in [0.5, 0.6) is 5.75 Å². The number of hydrogen-bond acceptors (Lipinski definition) is 4. The van der Waals surface area contributed by atoms with Crippen LogP contribution in [-0.2, 0) is 0 Å². The Hall–Kier alpha value is -3.95. The second kappa shape index (κ2) is 11.2. The van der Waals surface area contributed by atoms with Crippen molar-refractivity contribution in [1.82, 2.24) is 10.4 Å². The van der Waals surface area contributed by atoms with E-state index in [4.69, 9.17) is 16.3 Å². The monoisotopic (exact) mass is 633 g/mol. The lowest BCUT2D eigenvalue weighted by Crippen LogP contribution is -2.19. The van der Waals surface area contributed by atoms with E-state index in [9.17, 15) is 9.59 Å². The third-order valence-corrected chi connectivity index (χ3v) is 6.88. The van der Waals surface area contributed by atoms with Crippen molar-refractivity contribution in [3.8, 4) is 16.9 Å². The van der Waals surface area contributed by atoms with E-state index >= 15 is 0 Å². The highest BCUT2D eigenvalue weighted by Crippen LogP contribution is 2.37. The van der Waals surface area contributed by atoms with Gasteiger partial charge in [0.25, 0.3) is 5.91 Å². The number of H-pyrrole nitrogens is 1. The molecule has 1 heterocycles. The predicted molar refractivity (Wildman–Crippen MR) is 159 cm³/mol. The Morgan fingerprint density at radius 1 is 0.974 bits per heavy atom. The number of amides is 1. The summed E-state index contributed by atoms with van der Waals surface area (Å²) in [5, 5.41) is 5.57. The van der Waals surface area contributed by atoms with Crippen molar-refractivity contribution in [3.63, 3.8) is 0 Å². The molecule has 0 spiro atoms. The van der Waals surface area contributed by atoms with Gasteiger partial charge in [0, 0.05) is 36.2 Å². The number of aryl methyl sites for hydroxylation is 1. The summed E-state index contributed by atoms with van der Waals surface area (Å²) in [6.07, 6.45) is 1.44. The summed E-state index contributed by atoms with van der Waals surface area (Å²) in [5.74, 6) is -0.582. The number of para-hydroxylation sites is 1. The number of rotatable bonds is 6. The fraction of sp³-hybridized carbons (Fsp3) is 0.0333. The number of hydrazone groups is 1. The molecule has 0 saturated heterocycles. The highest BCUT2D eigenvalue weighted by atomic mass is 127. The van der Waals surface area contributed by atoms with Crippen LogP contribution in [0.4, 0.5) is 0 Å². The quantitative estimate of drug-likeness (QED) is 0.0673. The number of carbonyl (C=O) groups excluding carboxylic acids is 2. The van der Waals surface area contributed by atoms with Crippen LogP contribution in [0.2, 0.25) is 5.02 Å². The molecule has 0 aliphatic rings. The number of nitrogens with one attached hydrogen (secondary N) is 2. The van der Waals surface area contributed by atoms with E-state index in [2.05, 4.69) is 38.1 Å². The van der Waals surface area contributed by atoms with Crippen molar-refractivity contribution in [3.05, 3.63) is 122 Å². The van der Waals surface area contributed by atoms with Crippen LogP contribution in [0.3, 0.4) is 0 Å². The number of aromatic nitrogens is 1. The molecule has 0 unspecified atom stereocenters. The van der Waals surface area contributed by atoms with Gasteiger partial charge in [-0.1, -0.05) is 59.6 Å². The Morgan fingerprint density at radius 2 is 1.76 bits per heavy atom. The van der Waals surface area contributed by atoms with Crippen LogP contribution in [0, 0.1) is 10.5 Å².